The minimum Gasteiger partial charge on any atom is -0.489 e. The van der Waals surface area contributed by atoms with Gasteiger partial charge in [0.2, 0.25) is 21.8 Å². The van der Waals surface area contributed by atoms with Crippen molar-refractivity contribution in [2.24, 2.45) is 0 Å². The van der Waals surface area contributed by atoms with Gasteiger partial charge in [0.15, 0.2) is 0 Å². The van der Waals surface area contributed by atoms with Crippen LogP contribution in [0.4, 0.5) is 11.4 Å². The number of anilines is 2. The van der Waals surface area contributed by atoms with Gasteiger partial charge >= 0.3 is 0 Å². The van der Waals surface area contributed by atoms with E-state index in [1.54, 1.807) is 18.2 Å². The molecule has 0 radical (unpaired) electrons. The number of hydrogen-bond donors (Lipinski definition) is 1. The van der Waals surface area contributed by atoms with Crippen molar-refractivity contribution in [2.75, 3.05) is 49.7 Å². The van der Waals surface area contributed by atoms with Crippen LogP contribution in [0.5, 0.6) is 5.75 Å². The molecule has 4 rings (SSSR count). The largest absolute Gasteiger partial charge is 0.489 e. The van der Waals surface area contributed by atoms with Gasteiger partial charge in [-0.3, -0.25) is 9.59 Å². The summed E-state index contributed by atoms with van der Waals surface area (Å²) in [5.41, 5.74) is 1.72. The molecule has 1 atom stereocenters. The lowest BCUT2D eigenvalue weighted by Gasteiger charge is -2.35. The normalized spacial score (nSPS) is 18.9. The molecule has 38 heavy (non-hydrogen) atoms. The van der Waals surface area contributed by atoms with Crippen molar-refractivity contribution >= 4 is 44.8 Å². The quantitative estimate of drug-likeness (QED) is 0.528. The number of carbonyl (C=O) groups is 2. The van der Waals surface area contributed by atoms with Gasteiger partial charge in [0, 0.05) is 50.9 Å². The van der Waals surface area contributed by atoms with E-state index in [1.165, 1.54) is 17.6 Å². The molecule has 1 N–H and O–H groups in total. The Morgan fingerprint density at radius 3 is 2.42 bits per heavy atom. The van der Waals surface area contributed by atoms with E-state index in [1.807, 2.05) is 18.2 Å². The Bertz CT molecular complexity index is 1240. The molecule has 0 aromatic heterocycles. The molecule has 0 bridgehead atoms. The summed E-state index contributed by atoms with van der Waals surface area (Å²) in [4.78, 5) is 29.7. The van der Waals surface area contributed by atoms with Crippen LogP contribution < -0.4 is 15.0 Å². The molecule has 2 aromatic carbocycles. The Balaban J connectivity index is 1.33. The molecule has 206 valence electrons. The number of carbonyl (C=O) groups excluding carboxylic acids is 2. The van der Waals surface area contributed by atoms with Gasteiger partial charge in [-0.05, 0) is 49.6 Å². The summed E-state index contributed by atoms with van der Waals surface area (Å²) in [6, 6.07) is 14.8. The first-order chi connectivity index (χ1) is 18.1. The number of halogens is 1. The molecule has 2 amide bonds. The predicted octanol–water partition coefficient (Wildman–Crippen LogP) is 3.60. The van der Waals surface area contributed by atoms with Crippen molar-refractivity contribution in [3.05, 3.63) is 53.6 Å². The maximum Gasteiger partial charge on any atom is 0.247 e. The molecule has 0 unspecified atom stereocenters. The molecule has 0 aliphatic carbocycles. The Kier molecular flexibility index (Phi) is 9.17. The number of piperidine rings is 2. The Hall–Kier alpha value is -2.82. The molecule has 0 saturated carbocycles. The topological polar surface area (TPSA) is 99.3 Å². The van der Waals surface area contributed by atoms with Crippen LogP contribution in [-0.2, 0) is 19.6 Å². The van der Waals surface area contributed by atoms with Crippen molar-refractivity contribution in [3.63, 3.8) is 0 Å². The first-order valence-corrected chi connectivity index (χ1v) is 15.1. The van der Waals surface area contributed by atoms with Gasteiger partial charge in [-0.2, -0.15) is 4.31 Å². The zero-order chi connectivity index (χ0) is 27.3. The molecule has 2 fully saturated rings. The molecule has 2 saturated heterocycles. The van der Waals surface area contributed by atoms with Gasteiger partial charge in [-0.1, -0.05) is 29.8 Å². The third kappa shape index (κ3) is 7.18. The molecule has 2 aromatic rings. The number of rotatable bonds is 8. The van der Waals surface area contributed by atoms with E-state index in [0.717, 1.165) is 49.3 Å². The number of nitrogens with zero attached hydrogens (tertiary/aromatic N) is 3. The predicted molar refractivity (Wildman–Crippen MR) is 149 cm³/mol. The number of likely N-dealkylation sites (tertiary alicyclic amines) is 1. The monoisotopic (exact) mass is 562 g/mol. The lowest BCUT2D eigenvalue weighted by atomic mass is 10.0. The molecular weight excluding hydrogens is 528 g/mol. The lowest BCUT2D eigenvalue weighted by molar-refractivity contribution is -0.140. The Morgan fingerprint density at radius 1 is 1.05 bits per heavy atom. The van der Waals surface area contributed by atoms with Crippen LogP contribution in [0.25, 0.3) is 0 Å². The number of amides is 2. The van der Waals surface area contributed by atoms with Gasteiger partial charge < -0.3 is 19.9 Å². The van der Waals surface area contributed by atoms with Gasteiger partial charge in [-0.15, -0.1) is 0 Å². The van der Waals surface area contributed by atoms with Crippen LogP contribution in [0.15, 0.2) is 48.5 Å². The highest BCUT2D eigenvalue weighted by Gasteiger charge is 2.33. The minimum absolute atomic E-state index is 0.0554. The van der Waals surface area contributed by atoms with Gasteiger partial charge in [0.05, 0.1) is 17.8 Å². The fraction of sp³-hybridized carbons (Fsp3) is 0.481. The van der Waals surface area contributed by atoms with Crippen molar-refractivity contribution in [3.8, 4) is 5.75 Å². The van der Waals surface area contributed by atoms with Gasteiger partial charge in [0.25, 0.3) is 0 Å². The fourth-order valence-corrected chi connectivity index (χ4v) is 5.42. The number of nitrogens with one attached hydrogen (secondary N) is 1. The van der Waals surface area contributed by atoms with E-state index in [0.29, 0.717) is 29.4 Å². The van der Waals surface area contributed by atoms with Crippen LogP contribution in [0.2, 0.25) is 5.02 Å². The third-order valence-corrected chi connectivity index (χ3v) is 8.66. The average Bonchev–Trinajstić information content (AvgIpc) is 2.90. The summed E-state index contributed by atoms with van der Waals surface area (Å²) in [7, 11) is -2.15. The lowest BCUT2D eigenvalue weighted by Crippen LogP contribution is -2.52. The van der Waals surface area contributed by atoms with E-state index < -0.39 is 22.0 Å². The zero-order valence-corrected chi connectivity index (χ0v) is 23.4. The van der Waals surface area contributed by atoms with E-state index in [9.17, 15) is 18.0 Å². The standard InChI is InChI=1S/C27H35ClN4O5S/c1-30(38(2,35)36)19-26(33)32-15-7-6-10-24(32)27(34)29-20-11-12-25(23(28)18-20)37-22-13-16-31(17-14-22)21-8-4-3-5-9-21/h3-5,8-9,11-12,18,22,24H,6-7,10,13-17,19H2,1-2H3,(H,29,34)/t24-/m1/s1. The molecule has 11 heteroatoms. The summed E-state index contributed by atoms with van der Waals surface area (Å²) < 4.78 is 30.6. The maximum atomic E-state index is 13.1. The second-order valence-corrected chi connectivity index (χ2v) is 12.4. The molecule has 2 heterocycles. The van der Waals surface area contributed by atoms with E-state index in [4.69, 9.17) is 16.3 Å². The number of para-hydroxylation sites is 1. The smallest absolute Gasteiger partial charge is 0.247 e. The number of benzene rings is 2. The SMILES string of the molecule is CN(CC(=O)N1CCCC[C@@H]1C(=O)Nc1ccc(OC2CCN(c3ccccc3)CC2)c(Cl)c1)S(C)(=O)=O. The Labute approximate surface area is 229 Å². The van der Waals surface area contributed by atoms with Crippen LogP contribution in [0, 0.1) is 0 Å². The third-order valence-electron chi connectivity index (χ3n) is 7.11. The average molecular weight is 563 g/mol. The molecule has 2 aliphatic heterocycles. The highest BCUT2D eigenvalue weighted by molar-refractivity contribution is 7.88. The highest BCUT2D eigenvalue weighted by atomic mass is 35.5. The molecule has 2 aliphatic rings. The van der Waals surface area contributed by atoms with E-state index >= 15 is 0 Å². The van der Waals surface area contributed by atoms with Gasteiger partial charge in [-0.25, -0.2) is 8.42 Å². The fourth-order valence-electron chi connectivity index (χ4n) is 4.85. The highest BCUT2D eigenvalue weighted by Crippen LogP contribution is 2.31. The maximum absolute atomic E-state index is 13.1. The zero-order valence-electron chi connectivity index (χ0n) is 21.8. The van der Waals surface area contributed by atoms with Crippen molar-refractivity contribution < 1.29 is 22.7 Å². The van der Waals surface area contributed by atoms with Crippen LogP contribution >= 0.6 is 11.6 Å². The molecule has 0 spiro atoms. The first kappa shape index (κ1) is 28.2. The Morgan fingerprint density at radius 2 is 1.76 bits per heavy atom. The summed E-state index contributed by atoms with van der Waals surface area (Å²) in [6.07, 6.45) is 4.94. The van der Waals surface area contributed by atoms with Crippen molar-refractivity contribution in [1.82, 2.24) is 9.21 Å². The minimum atomic E-state index is -3.50. The van der Waals surface area contributed by atoms with Crippen molar-refractivity contribution in [2.45, 2.75) is 44.2 Å². The second-order valence-electron chi connectivity index (χ2n) is 9.89. The van der Waals surface area contributed by atoms with Crippen molar-refractivity contribution in [1.29, 1.82) is 0 Å². The molecule has 9 nitrogen and oxygen atoms in total. The van der Waals surface area contributed by atoms with Crippen LogP contribution in [0.1, 0.15) is 32.1 Å². The number of sulfonamides is 1. The van der Waals surface area contributed by atoms with Crippen LogP contribution in [0.3, 0.4) is 0 Å². The number of likely N-dealkylation sites (N-methyl/N-ethyl adjacent to an activating group) is 1. The summed E-state index contributed by atoms with van der Waals surface area (Å²) >= 11 is 6.51. The van der Waals surface area contributed by atoms with E-state index in [-0.39, 0.29) is 18.6 Å². The summed E-state index contributed by atoms with van der Waals surface area (Å²) in [5, 5.41) is 3.27. The molecular formula is C27H35ClN4O5S. The van der Waals surface area contributed by atoms with Crippen LogP contribution in [-0.4, -0.2) is 81.1 Å². The summed E-state index contributed by atoms with van der Waals surface area (Å²) in [5.74, 6) is -0.142. The van der Waals surface area contributed by atoms with Gasteiger partial charge in [0.1, 0.15) is 17.9 Å². The summed E-state index contributed by atoms with van der Waals surface area (Å²) in [6.45, 7) is 1.91. The number of ether oxygens (including phenoxy) is 1. The number of hydrogen-bond acceptors (Lipinski definition) is 6. The first-order valence-electron chi connectivity index (χ1n) is 12.9. The second kappa shape index (κ2) is 12.4. The van der Waals surface area contributed by atoms with E-state index in [2.05, 4.69) is 22.3 Å².